The molecule has 0 amide bonds. The summed E-state index contributed by atoms with van der Waals surface area (Å²) in [4.78, 5) is 0.489. The number of rotatable bonds is 2. The van der Waals surface area contributed by atoms with Crippen molar-refractivity contribution in [2.45, 2.75) is 29.5 Å². The zero-order chi connectivity index (χ0) is 11.9. The molecule has 16 heavy (non-hydrogen) atoms. The molecule has 0 saturated carbocycles. The normalized spacial score (nSPS) is 24.1. The van der Waals surface area contributed by atoms with Crippen molar-refractivity contribution >= 4 is 25.8 Å². The first kappa shape index (κ1) is 12.1. The quantitative estimate of drug-likeness (QED) is 0.905. The van der Waals surface area contributed by atoms with Crippen molar-refractivity contribution in [2.24, 2.45) is 0 Å². The number of nitrogens with one attached hydrogen (secondary N) is 1. The lowest BCUT2D eigenvalue weighted by molar-refractivity contribution is 0.535. The second-order valence-electron chi connectivity index (χ2n) is 4.12. The molecule has 0 aromatic heterocycles. The van der Waals surface area contributed by atoms with Crippen LogP contribution < -0.4 is 5.32 Å². The standard InChI is InChI=1S/C11H14BrNO2S/c1-7(13-2)11-6-8-5-9(12)3-4-10(8)16(11,14)15/h3-5,7,11,13H,6H2,1-2H3. The SMILES string of the molecule is CNC(C)C1Cc2cc(Br)ccc2S1(=O)=O. The number of hydrogen-bond acceptors (Lipinski definition) is 3. The first-order valence-electron chi connectivity index (χ1n) is 5.16. The van der Waals surface area contributed by atoms with E-state index >= 15 is 0 Å². The lowest BCUT2D eigenvalue weighted by Gasteiger charge is -2.17. The molecular formula is C11H14BrNO2S. The fourth-order valence-electron chi connectivity index (χ4n) is 2.11. The van der Waals surface area contributed by atoms with E-state index in [4.69, 9.17) is 0 Å². The summed E-state index contributed by atoms with van der Waals surface area (Å²) in [6, 6.07) is 5.34. The molecule has 0 bridgehead atoms. The van der Waals surface area contributed by atoms with Crippen LogP contribution in [0.3, 0.4) is 0 Å². The maximum absolute atomic E-state index is 12.2. The van der Waals surface area contributed by atoms with Crippen LogP contribution in [0.5, 0.6) is 0 Å². The molecule has 1 N–H and O–H groups in total. The lowest BCUT2D eigenvalue weighted by atomic mass is 10.1. The van der Waals surface area contributed by atoms with Crippen LogP contribution in [0.15, 0.2) is 27.6 Å². The summed E-state index contributed by atoms with van der Waals surface area (Å²) in [6.07, 6.45) is 0.596. The Labute approximate surface area is 104 Å². The van der Waals surface area contributed by atoms with Crippen LogP contribution in [0.1, 0.15) is 12.5 Å². The zero-order valence-corrected chi connectivity index (χ0v) is 11.6. The highest BCUT2D eigenvalue weighted by Crippen LogP contribution is 2.34. The summed E-state index contributed by atoms with van der Waals surface area (Å²) in [7, 11) is -1.37. The van der Waals surface area contributed by atoms with Crippen molar-refractivity contribution in [1.82, 2.24) is 5.32 Å². The van der Waals surface area contributed by atoms with E-state index in [0.29, 0.717) is 11.3 Å². The molecule has 2 unspecified atom stereocenters. The van der Waals surface area contributed by atoms with Crippen molar-refractivity contribution in [2.75, 3.05) is 7.05 Å². The van der Waals surface area contributed by atoms with Crippen LogP contribution in [0.2, 0.25) is 0 Å². The number of benzene rings is 1. The third-order valence-corrected chi connectivity index (χ3v) is 6.04. The Morgan fingerprint density at radius 2 is 2.19 bits per heavy atom. The Morgan fingerprint density at radius 3 is 2.81 bits per heavy atom. The molecule has 0 aliphatic carbocycles. The predicted octanol–water partition coefficient (Wildman–Crippen LogP) is 1.76. The highest BCUT2D eigenvalue weighted by molar-refractivity contribution is 9.10. The van der Waals surface area contributed by atoms with Gasteiger partial charge in [0.1, 0.15) is 0 Å². The van der Waals surface area contributed by atoms with E-state index in [2.05, 4.69) is 21.2 Å². The van der Waals surface area contributed by atoms with Gasteiger partial charge < -0.3 is 5.32 Å². The first-order chi connectivity index (χ1) is 7.46. The maximum Gasteiger partial charge on any atom is 0.183 e. The van der Waals surface area contributed by atoms with Crippen molar-refractivity contribution < 1.29 is 8.42 Å². The van der Waals surface area contributed by atoms with Crippen LogP contribution in [0.4, 0.5) is 0 Å². The Bertz CT molecular complexity index is 513. The summed E-state index contributed by atoms with van der Waals surface area (Å²) >= 11 is 3.37. The third-order valence-electron chi connectivity index (χ3n) is 3.16. The Morgan fingerprint density at radius 1 is 1.50 bits per heavy atom. The summed E-state index contributed by atoms with van der Waals surface area (Å²) in [6.45, 7) is 1.91. The maximum atomic E-state index is 12.2. The molecule has 1 heterocycles. The number of halogens is 1. The molecule has 2 rings (SSSR count). The molecule has 0 radical (unpaired) electrons. The van der Waals surface area contributed by atoms with E-state index in [9.17, 15) is 8.42 Å². The minimum atomic E-state index is -3.16. The molecule has 1 aliphatic heterocycles. The average Bonchev–Trinajstić information content (AvgIpc) is 2.49. The predicted molar refractivity (Wildman–Crippen MR) is 67.3 cm³/mol. The van der Waals surface area contributed by atoms with Crippen LogP contribution in [0, 0.1) is 0 Å². The molecule has 88 valence electrons. The topological polar surface area (TPSA) is 46.2 Å². The molecule has 3 nitrogen and oxygen atoms in total. The second kappa shape index (κ2) is 4.13. The molecule has 1 aliphatic rings. The fourth-order valence-corrected chi connectivity index (χ4v) is 4.68. The van der Waals surface area contributed by atoms with Gasteiger partial charge in [0.05, 0.1) is 10.1 Å². The minimum absolute atomic E-state index is 0.0313. The van der Waals surface area contributed by atoms with Gasteiger partial charge in [0.15, 0.2) is 9.84 Å². The largest absolute Gasteiger partial charge is 0.316 e. The average molecular weight is 304 g/mol. The summed E-state index contributed by atoms with van der Waals surface area (Å²) in [5.74, 6) is 0. The van der Waals surface area contributed by atoms with Gasteiger partial charge in [-0.15, -0.1) is 0 Å². The van der Waals surface area contributed by atoms with Gasteiger partial charge in [-0.25, -0.2) is 8.42 Å². The van der Waals surface area contributed by atoms with E-state index < -0.39 is 9.84 Å². The van der Waals surface area contributed by atoms with Gasteiger partial charge in [-0.3, -0.25) is 0 Å². The second-order valence-corrected chi connectivity index (χ2v) is 7.17. The Kier molecular flexibility index (Phi) is 3.11. The van der Waals surface area contributed by atoms with Crippen molar-refractivity contribution in [1.29, 1.82) is 0 Å². The molecular weight excluding hydrogens is 290 g/mol. The van der Waals surface area contributed by atoms with Gasteiger partial charge in [-0.1, -0.05) is 15.9 Å². The van der Waals surface area contributed by atoms with Gasteiger partial charge in [0.25, 0.3) is 0 Å². The van der Waals surface area contributed by atoms with Crippen LogP contribution in [-0.4, -0.2) is 26.8 Å². The highest BCUT2D eigenvalue weighted by atomic mass is 79.9. The monoisotopic (exact) mass is 303 g/mol. The highest BCUT2D eigenvalue weighted by Gasteiger charge is 2.39. The Balaban J connectivity index is 2.50. The van der Waals surface area contributed by atoms with E-state index in [1.807, 2.05) is 13.0 Å². The van der Waals surface area contributed by atoms with Crippen LogP contribution in [0.25, 0.3) is 0 Å². The molecule has 0 spiro atoms. The van der Waals surface area contributed by atoms with Crippen LogP contribution in [-0.2, 0) is 16.3 Å². The molecule has 0 saturated heterocycles. The van der Waals surface area contributed by atoms with E-state index in [-0.39, 0.29) is 11.3 Å². The van der Waals surface area contributed by atoms with Gasteiger partial charge in [0, 0.05) is 10.5 Å². The van der Waals surface area contributed by atoms with E-state index in [0.717, 1.165) is 10.0 Å². The van der Waals surface area contributed by atoms with E-state index in [1.165, 1.54) is 0 Å². The van der Waals surface area contributed by atoms with Gasteiger partial charge in [-0.2, -0.15) is 0 Å². The fraction of sp³-hybridized carbons (Fsp3) is 0.455. The molecule has 2 atom stereocenters. The lowest BCUT2D eigenvalue weighted by Crippen LogP contribution is -2.38. The number of fused-ring (bicyclic) bond motifs is 1. The first-order valence-corrected chi connectivity index (χ1v) is 7.50. The summed E-state index contributed by atoms with van der Waals surface area (Å²) in [5, 5.41) is 2.68. The number of sulfone groups is 1. The van der Waals surface area contributed by atoms with Crippen molar-refractivity contribution in [3.05, 3.63) is 28.2 Å². The summed E-state index contributed by atoms with van der Waals surface area (Å²) in [5.41, 5.74) is 0.918. The van der Waals surface area contributed by atoms with Crippen molar-refractivity contribution in [3.63, 3.8) is 0 Å². The molecule has 1 aromatic carbocycles. The Hall–Kier alpha value is -0.390. The number of hydrogen-bond donors (Lipinski definition) is 1. The molecule has 0 fully saturated rings. The minimum Gasteiger partial charge on any atom is -0.316 e. The molecule has 1 aromatic rings. The third kappa shape index (κ3) is 1.81. The smallest absolute Gasteiger partial charge is 0.183 e. The molecule has 5 heteroatoms. The van der Waals surface area contributed by atoms with Gasteiger partial charge in [0.2, 0.25) is 0 Å². The van der Waals surface area contributed by atoms with Crippen molar-refractivity contribution in [3.8, 4) is 0 Å². The van der Waals surface area contributed by atoms with Gasteiger partial charge >= 0.3 is 0 Å². The van der Waals surface area contributed by atoms with E-state index in [1.54, 1.807) is 19.2 Å². The zero-order valence-electron chi connectivity index (χ0n) is 9.20. The summed E-state index contributed by atoms with van der Waals surface area (Å²) < 4.78 is 25.4. The van der Waals surface area contributed by atoms with Crippen LogP contribution >= 0.6 is 15.9 Å². The van der Waals surface area contributed by atoms with Gasteiger partial charge in [-0.05, 0) is 44.2 Å².